The van der Waals surface area contributed by atoms with Crippen LogP contribution in [-0.4, -0.2) is 19.2 Å². The summed E-state index contributed by atoms with van der Waals surface area (Å²) in [5.41, 5.74) is 0.761. The number of carbonyl (C=O) groups excluding carboxylic acids is 1. The summed E-state index contributed by atoms with van der Waals surface area (Å²) in [7, 11) is 0. The highest BCUT2D eigenvalue weighted by Gasteiger charge is 2.34. The highest BCUT2D eigenvalue weighted by atomic mass is 16.7. The Bertz CT molecular complexity index is 267. The number of ketones is 1. The van der Waals surface area contributed by atoms with Crippen molar-refractivity contribution in [3.05, 3.63) is 11.3 Å². The molecule has 2 aliphatic rings. The van der Waals surface area contributed by atoms with E-state index in [0.717, 1.165) is 17.8 Å². The van der Waals surface area contributed by atoms with Crippen molar-refractivity contribution in [2.45, 2.75) is 20.3 Å². The maximum Gasteiger partial charge on any atom is 0.188 e. The van der Waals surface area contributed by atoms with Gasteiger partial charge in [0.25, 0.3) is 0 Å². The van der Waals surface area contributed by atoms with E-state index < -0.39 is 0 Å². The molecule has 1 aliphatic carbocycles. The normalized spacial score (nSPS) is 34.2. The summed E-state index contributed by atoms with van der Waals surface area (Å²) in [5.74, 6) is 1.57. The highest BCUT2D eigenvalue weighted by Crippen LogP contribution is 2.33. The average Bonchev–Trinajstić information content (AvgIpc) is 2.15. The second-order valence-electron chi connectivity index (χ2n) is 3.85. The summed E-state index contributed by atoms with van der Waals surface area (Å²) in [6.45, 7) is 4.80. The lowest BCUT2D eigenvalue weighted by Gasteiger charge is -2.31. The SMILES string of the molecule is C[C@@H]1CC2=C(COCO2)C(=O)[C@H]1C. The zero-order chi connectivity index (χ0) is 9.42. The van der Waals surface area contributed by atoms with Gasteiger partial charge in [0.1, 0.15) is 5.76 Å². The summed E-state index contributed by atoms with van der Waals surface area (Å²) >= 11 is 0. The fraction of sp³-hybridized carbons (Fsp3) is 0.700. The van der Waals surface area contributed by atoms with Crippen molar-refractivity contribution in [2.75, 3.05) is 13.4 Å². The first kappa shape index (κ1) is 8.75. The van der Waals surface area contributed by atoms with Gasteiger partial charge in [-0.25, -0.2) is 0 Å². The summed E-state index contributed by atoms with van der Waals surface area (Å²) in [4.78, 5) is 11.8. The Kier molecular flexibility index (Phi) is 2.12. The van der Waals surface area contributed by atoms with E-state index in [9.17, 15) is 4.79 Å². The first-order valence-corrected chi connectivity index (χ1v) is 4.67. The van der Waals surface area contributed by atoms with Gasteiger partial charge in [0.2, 0.25) is 0 Å². The lowest BCUT2D eigenvalue weighted by molar-refractivity contribution is -0.125. The van der Waals surface area contributed by atoms with E-state index >= 15 is 0 Å². The number of carbonyl (C=O) groups is 1. The minimum absolute atomic E-state index is 0.115. The van der Waals surface area contributed by atoms with Gasteiger partial charge in [-0.15, -0.1) is 0 Å². The van der Waals surface area contributed by atoms with Gasteiger partial charge in [-0.05, 0) is 5.92 Å². The van der Waals surface area contributed by atoms with Crippen molar-refractivity contribution >= 4 is 5.78 Å². The highest BCUT2D eigenvalue weighted by molar-refractivity contribution is 5.98. The molecule has 0 radical (unpaired) electrons. The summed E-state index contributed by atoms with van der Waals surface area (Å²) < 4.78 is 10.4. The van der Waals surface area contributed by atoms with E-state index in [1.54, 1.807) is 0 Å². The van der Waals surface area contributed by atoms with Crippen molar-refractivity contribution in [3.8, 4) is 0 Å². The van der Waals surface area contributed by atoms with E-state index in [1.165, 1.54) is 0 Å². The van der Waals surface area contributed by atoms with Gasteiger partial charge in [0.05, 0.1) is 12.2 Å². The predicted octanol–water partition coefficient (Wildman–Crippen LogP) is 1.49. The molecule has 2 atom stereocenters. The Morgan fingerprint density at radius 3 is 2.92 bits per heavy atom. The monoisotopic (exact) mass is 182 g/mol. The van der Waals surface area contributed by atoms with Crippen LogP contribution in [0.4, 0.5) is 0 Å². The molecule has 0 aromatic rings. The lowest BCUT2D eigenvalue weighted by Crippen LogP contribution is -2.32. The molecule has 0 unspecified atom stereocenters. The second-order valence-corrected chi connectivity index (χ2v) is 3.85. The maximum absolute atomic E-state index is 11.8. The van der Waals surface area contributed by atoms with E-state index in [-0.39, 0.29) is 11.7 Å². The Morgan fingerprint density at radius 2 is 2.15 bits per heavy atom. The molecule has 2 rings (SSSR count). The molecule has 0 bridgehead atoms. The summed E-state index contributed by atoms with van der Waals surface area (Å²) in [6.07, 6.45) is 0.881. The maximum atomic E-state index is 11.8. The van der Waals surface area contributed by atoms with Crippen molar-refractivity contribution in [1.29, 1.82) is 0 Å². The van der Waals surface area contributed by atoms with Gasteiger partial charge in [0, 0.05) is 12.3 Å². The Hall–Kier alpha value is -0.830. The zero-order valence-corrected chi connectivity index (χ0v) is 8.00. The van der Waals surface area contributed by atoms with Crippen LogP contribution in [0, 0.1) is 11.8 Å². The smallest absolute Gasteiger partial charge is 0.188 e. The van der Waals surface area contributed by atoms with Crippen molar-refractivity contribution in [1.82, 2.24) is 0 Å². The minimum atomic E-state index is 0.115. The molecule has 1 heterocycles. The van der Waals surface area contributed by atoms with E-state index in [1.807, 2.05) is 6.92 Å². The third-order valence-corrected chi connectivity index (χ3v) is 2.97. The van der Waals surface area contributed by atoms with Crippen molar-refractivity contribution in [3.63, 3.8) is 0 Å². The molecule has 0 N–H and O–H groups in total. The molecule has 13 heavy (non-hydrogen) atoms. The minimum Gasteiger partial charge on any atom is -0.471 e. The molecule has 0 aromatic carbocycles. The Morgan fingerprint density at radius 1 is 1.38 bits per heavy atom. The molecule has 0 spiro atoms. The molecular formula is C10H14O3. The van der Waals surface area contributed by atoms with Crippen LogP contribution in [0.5, 0.6) is 0 Å². The molecule has 0 fully saturated rings. The number of ether oxygens (including phenoxy) is 2. The number of Topliss-reactive ketones (excluding diaryl/α,β-unsaturated/α-hetero) is 1. The van der Waals surface area contributed by atoms with E-state index in [2.05, 4.69) is 6.92 Å². The molecule has 0 aromatic heterocycles. The topological polar surface area (TPSA) is 35.5 Å². The summed E-state index contributed by atoms with van der Waals surface area (Å²) in [5, 5.41) is 0. The van der Waals surface area contributed by atoms with Crippen molar-refractivity contribution in [2.24, 2.45) is 11.8 Å². The number of allylic oxidation sites excluding steroid dienone is 1. The summed E-state index contributed by atoms with van der Waals surface area (Å²) in [6, 6.07) is 0. The molecule has 0 saturated heterocycles. The fourth-order valence-corrected chi connectivity index (χ4v) is 1.82. The van der Waals surface area contributed by atoms with E-state index in [0.29, 0.717) is 19.3 Å². The molecular weight excluding hydrogens is 168 g/mol. The molecule has 0 amide bonds. The molecule has 0 saturated carbocycles. The first-order valence-electron chi connectivity index (χ1n) is 4.67. The van der Waals surface area contributed by atoms with E-state index in [4.69, 9.17) is 9.47 Å². The fourth-order valence-electron chi connectivity index (χ4n) is 1.82. The van der Waals surface area contributed by atoms with Crippen molar-refractivity contribution < 1.29 is 14.3 Å². The lowest BCUT2D eigenvalue weighted by atomic mass is 9.80. The van der Waals surface area contributed by atoms with Crippen LogP contribution in [-0.2, 0) is 14.3 Å². The molecule has 1 aliphatic heterocycles. The quantitative estimate of drug-likeness (QED) is 0.569. The van der Waals surface area contributed by atoms with Crippen LogP contribution in [0.3, 0.4) is 0 Å². The van der Waals surface area contributed by atoms with Crippen LogP contribution < -0.4 is 0 Å². The van der Waals surface area contributed by atoms with Crippen LogP contribution in [0.1, 0.15) is 20.3 Å². The van der Waals surface area contributed by atoms with Gasteiger partial charge in [-0.1, -0.05) is 13.8 Å². The Balaban J connectivity index is 2.31. The number of rotatable bonds is 0. The van der Waals surface area contributed by atoms with Crippen LogP contribution >= 0.6 is 0 Å². The van der Waals surface area contributed by atoms with Gasteiger partial charge in [0.15, 0.2) is 12.6 Å². The second kappa shape index (κ2) is 3.14. The van der Waals surface area contributed by atoms with Gasteiger partial charge < -0.3 is 9.47 Å². The third kappa shape index (κ3) is 1.37. The average molecular weight is 182 g/mol. The van der Waals surface area contributed by atoms with Gasteiger partial charge >= 0.3 is 0 Å². The largest absolute Gasteiger partial charge is 0.471 e. The zero-order valence-electron chi connectivity index (χ0n) is 8.00. The Labute approximate surface area is 77.7 Å². The van der Waals surface area contributed by atoms with Crippen LogP contribution in [0.2, 0.25) is 0 Å². The first-order chi connectivity index (χ1) is 6.20. The van der Waals surface area contributed by atoms with Crippen LogP contribution in [0.15, 0.2) is 11.3 Å². The van der Waals surface area contributed by atoms with Crippen LogP contribution in [0.25, 0.3) is 0 Å². The third-order valence-electron chi connectivity index (χ3n) is 2.97. The number of hydrogen-bond acceptors (Lipinski definition) is 3. The van der Waals surface area contributed by atoms with Gasteiger partial charge in [-0.3, -0.25) is 4.79 Å². The molecule has 3 heteroatoms. The van der Waals surface area contributed by atoms with Gasteiger partial charge in [-0.2, -0.15) is 0 Å². The molecule has 72 valence electrons. The number of hydrogen-bond donors (Lipinski definition) is 0. The standard InChI is InChI=1S/C10H14O3/c1-6-3-9-8(4-12-5-13-9)10(11)7(6)2/h6-7H,3-5H2,1-2H3/t6-,7+/m1/s1. The predicted molar refractivity (Wildman–Crippen MR) is 46.9 cm³/mol. The molecule has 3 nitrogen and oxygen atoms in total.